The number of aryl methyl sites for hydroxylation is 1. The molecular weight excluding hydrogens is 296 g/mol. The summed E-state index contributed by atoms with van der Waals surface area (Å²) in [5.41, 5.74) is 4.59. The lowest BCUT2D eigenvalue weighted by molar-refractivity contribution is 0.103. The predicted octanol–water partition coefficient (Wildman–Crippen LogP) is 5.08. The van der Waals surface area contributed by atoms with Crippen molar-refractivity contribution in [2.24, 2.45) is 0 Å². The molecule has 2 nitrogen and oxygen atoms in total. The summed E-state index contributed by atoms with van der Waals surface area (Å²) in [7, 11) is 0. The van der Waals surface area contributed by atoms with Gasteiger partial charge in [-0.2, -0.15) is 0 Å². The first-order valence-corrected chi connectivity index (χ1v) is 8.19. The number of carbonyl (C=O) groups is 2. The van der Waals surface area contributed by atoms with Crippen LogP contribution in [0.3, 0.4) is 0 Å². The summed E-state index contributed by atoms with van der Waals surface area (Å²) in [6.07, 6.45) is 5.83. The first-order valence-electron chi connectivity index (χ1n) is 8.19. The topological polar surface area (TPSA) is 34.1 Å². The van der Waals surface area contributed by atoms with Crippen LogP contribution in [0, 0.1) is 6.92 Å². The minimum atomic E-state index is -0.0485. The van der Waals surface area contributed by atoms with E-state index in [2.05, 4.69) is 0 Å². The van der Waals surface area contributed by atoms with Gasteiger partial charge in [0, 0.05) is 22.3 Å². The van der Waals surface area contributed by atoms with E-state index in [0.717, 1.165) is 29.6 Å². The van der Waals surface area contributed by atoms with Crippen molar-refractivity contribution in [1.29, 1.82) is 0 Å². The van der Waals surface area contributed by atoms with Crippen LogP contribution in [-0.2, 0) is 0 Å². The van der Waals surface area contributed by atoms with E-state index in [1.807, 2.05) is 50.3 Å². The van der Waals surface area contributed by atoms with Crippen molar-refractivity contribution in [2.45, 2.75) is 26.7 Å². The summed E-state index contributed by atoms with van der Waals surface area (Å²) < 4.78 is 0. The molecule has 0 saturated carbocycles. The van der Waals surface area contributed by atoms with Crippen LogP contribution in [0.1, 0.15) is 51.6 Å². The lowest BCUT2D eigenvalue weighted by atomic mass is 9.91. The summed E-state index contributed by atoms with van der Waals surface area (Å²) in [4.78, 5) is 25.5. The second-order valence-corrected chi connectivity index (χ2v) is 6.19. The molecule has 0 unspecified atom stereocenters. The fraction of sp³-hybridized carbons (Fsp3) is 0.182. The first kappa shape index (κ1) is 16.1. The molecule has 2 aromatic rings. The van der Waals surface area contributed by atoms with Crippen molar-refractivity contribution in [3.05, 3.63) is 94.1 Å². The van der Waals surface area contributed by atoms with Gasteiger partial charge in [0.1, 0.15) is 0 Å². The zero-order valence-electron chi connectivity index (χ0n) is 14.0. The summed E-state index contributed by atoms with van der Waals surface area (Å²) in [5.74, 6) is -0.0597. The van der Waals surface area contributed by atoms with E-state index in [-0.39, 0.29) is 11.6 Å². The van der Waals surface area contributed by atoms with Gasteiger partial charge < -0.3 is 0 Å². The molecule has 2 aromatic carbocycles. The third-order valence-electron chi connectivity index (χ3n) is 4.45. The van der Waals surface area contributed by atoms with Crippen LogP contribution >= 0.6 is 0 Å². The van der Waals surface area contributed by atoms with Crippen LogP contribution in [-0.4, -0.2) is 11.6 Å². The average molecular weight is 316 g/mol. The minimum Gasteiger partial charge on any atom is -0.289 e. The Morgan fingerprint density at radius 3 is 2.29 bits per heavy atom. The molecule has 0 fully saturated rings. The smallest absolute Gasteiger partial charge is 0.193 e. The number of benzene rings is 2. The van der Waals surface area contributed by atoms with Crippen molar-refractivity contribution in [2.75, 3.05) is 0 Å². The second-order valence-electron chi connectivity index (χ2n) is 6.19. The second kappa shape index (κ2) is 6.79. The molecule has 2 heteroatoms. The Morgan fingerprint density at radius 1 is 0.875 bits per heavy atom. The van der Waals surface area contributed by atoms with Crippen LogP contribution in [0.4, 0.5) is 0 Å². The summed E-state index contributed by atoms with van der Waals surface area (Å²) in [6.45, 7) is 3.92. The van der Waals surface area contributed by atoms with Gasteiger partial charge in [0.25, 0.3) is 0 Å². The Bertz CT molecular complexity index is 869. The van der Waals surface area contributed by atoms with Gasteiger partial charge in [0.15, 0.2) is 11.6 Å². The fourth-order valence-electron chi connectivity index (χ4n) is 2.99. The number of Topliss-reactive ketones (excluding diaryl/α,β-unsaturated/α-hetero) is 1. The minimum absolute atomic E-state index is 0.0112. The van der Waals surface area contributed by atoms with Gasteiger partial charge in [0.05, 0.1) is 0 Å². The third-order valence-corrected chi connectivity index (χ3v) is 4.45. The maximum absolute atomic E-state index is 12.8. The Kier molecular flexibility index (Phi) is 4.57. The quantitative estimate of drug-likeness (QED) is 0.738. The van der Waals surface area contributed by atoms with E-state index in [4.69, 9.17) is 0 Å². The average Bonchev–Trinajstić information content (AvgIpc) is 2.61. The normalized spacial score (nSPS) is 13.9. The molecule has 0 atom stereocenters. The molecule has 0 bridgehead atoms. The number of allylic oxidation sites excluding steroid dienone is 4. The van der Waals surface area contributed by atoms with Gasteiger partial charge in [-0.05, 0) is 38.3 Å². The molecule has 120 valence electrons. The van der Waals surface area contributed by atoms with E-state index in [1.54, 1.807) is 24.3 Å². The molecule has 24 heavy (non-hydrogen) atoms. The Morgan fingerprint density at radius 2 is 1.58 bits per heavy atom. The molecular formula is C22H20O2. The Hall–Kier alpha value is -2.74. The van der Waals surface area contributed by atoms with E-state index in [0.29, 0.717) is 16.7 Å². The number of hydrogen-bond acceptors (Lipinski definition) is 2. The molecule has 0 N–H and O–H groups in total. The highest BCUT2D eigenvalue weighted by Gasteiger charge is 2.17. The summed E-state index contributed by atoms with van der Waals surface area (Å²) in [6, 6.07) is 14.5. The predicted molar refractivity (Wildman–Crippen MR) is 96.5 cm³/mol. The van der Waals surface area contributed by atoms with Crippen molar-refractivity contribution in [1.82, 2.24) is 0 Å². The first-order chi connectivity index (χ1) is 11.6. The highest BCUT2D eigenvalue weighted by atomic mass is 16.1. The van der Waals surface area contributed by atoms with E-state index >= 15 is 0 Å². The molecule has 0 radical (unpaired) electrons. The van der Waals surface area contributed by atoms with Gasteiger partial charge in [-0.25, -0.2) is 0 Å². The fourth-order valence-corrected chi connectivity index (χ4v) is 2.99. The van der Waals surface area contributed by atoms with Crippen molar-refractivity contribution in [3.8, 4) is 0 Å². The molecule has 1 aliphatic carbocycles. The monoisotopic (exact) mass is 316 g/mol. The summed E-state index contributed by atoms with van der Waals surface area (Å²) >= 11 is 0. The number of carbonyl (C=O) groups excluding carboxylic acids is 2. The van der Waals surface area contributed by atoms with Crippen LogP contribution in [0.2, 0.25) is 0 Å². The van der Waals surface area contributed by atoms with Gasteiger partial charge in [-0.15, -0.1) is 0 Å². The molecule has 0 spiro atoms. The van der Waals surface area contributed by atoms with Gasteiger partial charge in [0.2, 0.25) is 0 Å². The Balaban J connectivity index is 1.95. The van der Waals surface area contributed by atoms with Crippen LogP contribution in [0.5, 0.6) is 0 Å². The van der Waals surface area contributed by atoms with Crippen LogP contribution < -0.4 is 0 Å². The zero-order chi connectivity index (χ0) is 17.1. The number of ketones is 2. The highest BCUT2D eigenvalue weighted by molar-refractivity contribution is 6.14. The van der Waals surface area contributed by atoms with E-state index < -0.39 is 0 Å². The maximum Gasteiger partial charge on any atom is 0.193 e. The molecule has 0 aliphatic heterocycles. The Labute approximate surface area is 142 Å². The lowest BCUT2D eigenvalue weighted by Crippen LogP contribution is -2.09. The van der Waals surface area contributed by atoms with E-state index in [9.17, 15) is 9.59 Å². The zero-order valence-corrected chi connectivity index (χ0v) is 14.0. The van der Waals surface area contributed by atoms with Gasteiger partial charge in [-0.1, -0.05) is 60.2 Å². The van der Waals surface area contributed by atoms with Crippen LogP contribution in [0.25, 0.3) is 0 Å². The van der Waals surface area contributed by atoms with Crippen molar-refractivity contribution in [3.63, 3.8) is 0 Å². The standard InChI is InChI=1S/C22H20O2/c1-15-8-3-5-12-19(15)21(23)17-10-7-11-18(14-17)22(24)20-13-6-4-9-16(20)2/h3,5-8,10-14H,4,9H2,1-2H3. The highest BCUT2D eigenvalue weighted by Crippen LogP contribution is 2.23. The van der Waals surface area contributed by atoms with Crippen molar-refractivity contribution >= 4 is 11.6 Å². The summed E-state index contributed by atoms with van der Waals surface area (Å²) in [5, 5.41) is 0. The van der Waals surface area contributed by atoms with Crippen molar-refractivity contribution < 1.29 is 9.59 Å². The largest absolute Gasteiger partial charge is 0.289 e. The SMILES string of the molecule is CC1=C(C(=O)c2cccc(C(=O)c3ccccc3C)c2)C=CCC1. The molecule has 3 rings (SSSR count). The van der Waals surface area contributed by atoms with Crippen LogP contribution in [0.15, 0.2) is 71.8 Å². The molecule has 0 saturated heterocycles. The molecule has 0 amide bonds. The lowest BCUT2D eigenvalue weighted by Gasteiger charge is -2.12. The van der Waals surface area contributed by atoms with E-state index in [1.165, 1.54) is 0 Å². The number of rotatable bonds is 4. The third kappa shape index (κ3) is 3.13. The number of hydrogen-bond donors (Lipinski definition) is 0. The maximum atomic E-state index is 12.8. The molecule has 0 heterocycles. The molecule has 0 aromatic heterocycles. The van der Waals surface area contributed by atoms with Gasteiger partial charge in [-0.3, -0.25) is 9.59 Å². The van der Waals surface area contributed by atoms with Gasteiger partial charge >= 0.3 is 0 Å². The molecule has 1 aliphatic rings.